The molecule has 0 atom stereocenters. The minimum absolute atomic E-state index is 0.204. The van der Waals surface area contributed by atoms with Gasteiger partial charge in [0.15, 0.2) is 0 Å². The minimum Gasteiger partial charge on any atom is -0.367 e. The van der Waals surface area contributed by atoms with Gasteiger partial charge in [-0.2, -0.15) is 0 Å². The predicted molar refractivity (Wildman–Crippen MR) is 65.0 cm³/mol. The molecular weight excluding hydrogens is 253 g/mol. The summed E-state index contributed by atoms with van der Waals surface area (Å²) in [4.78, 5) is 24.7. The number of H-pyrrole nitrogens is 1. The summed E-state index contributed by atoms with van der Waals surface area (Å²) < 4.78 is 13.1. The molecule has 6 nitrogen and oxygen atoms in total. The van der Waals surface area contributed by atoms with Crippen LogP contribution >= 0.6 is 0 Å². The van der Waals surface area contributed by atoms with Gasteiger partial charge in [0, 0.05) is 25.0 Å². The number of nitrogens with zero attached hydrogens (tertiary/aromatic N) is 1. The van der Waals surface area contributed by atoms with Gasteiger partial charge in [0.05, 0.1) is 4.92 Å². The Balaban J connectivity index is 2.18. The van der Waals surface area contributed by atoms with Crippen molar-refractivity contribution in [3.05, 3.63) is 63.7 Å². The second kappa shape index (κ2) is 5.30. The normalized spacial score (nSPS) is 10.2. The zero-order valence-electron chi connectivity index (χ0n) is 9.72. The smallest absolute Gasteiger partial charge is 0.282 e. The first kappa shape index (κ1) is 12.7. The summed E-state index contributed by atoms with van der Waals surface area (Å²) in [7, 11) is 0. The highest BCUT2D eigenvalue weighted by Crippen LogP contribution is 2.19. The quantitative estimate of drug-likeness (QED) is 0.653. The maximum Gasteiger partial charge on any atom is 0.282 e. The number of carbonyl (C=O) groups excluding carboxylic acids is 1. The molecule has 2 N–H and O–H groups in total. The van der Waals surface area contributed by atoms with E-state index in [0.29, 0.717) is 0 Å². The van der Waals surface area contributed by atoms with Crippen LogP contribution in [0.4, 0.5) is 10.1 Å². The molecule has 98 valence electrons. The van der Waals surface area contributed by atoms with Crippen LogP contribution < -0.4 is 5.32 Å². The molecule has 2 aromatic rings. The summed E-state index contributed by atoms with van der Waals surface area (Å²) in [5.74, 6) is -1.38. The third-order valence-electron chi connectivity index (χ3n) is 2.52. The number of aromatic nitrogens is 1. The van der Waals surface area contributed by atoms with Gasteiger partial charge in [0.2, 0.25) is 0 Å². The number of hydrogen-bond donors (Lipinski definition) is 2. The fraction of sp³-hybridized carbons (Fsp3) is 0.0833. The molecule has 0 saturated heterocycles. The van der Waals surface area contributed by atoms with Gasteiger partial charge >= 0.3 is 0 Å². The zero-order valence-corrected chi connectivity index (χ0v) is 9.72. The number of rotatable bonds is 4. The van der Waals surface area contributed by atoms with Crippen molar-refractivity contribution in [1.82, 2.24) is 10.3 Å². The third kappa shape index (κ3) is 2.95. The second-order valence-corrected chi connectivity index (χ2v) is 3.82. The zero-order chi connectivity index (χ0) is 13.8. The summed E-state index contributed by atoms with van der Waals surface area (Å²) in [6, 6.07) is 4.52. The summed E-state index contributed by atoms with van der Waals surface area (Å²) in [5, 5.41) is 13.3. The van der Waals surface area contributed by atoms with Gasteiger partial charge in [-0.25, -0.2) is 4.39 Å². The van der Waals surface area contributed by atoms with E-state index in [-0.39, 0.29) is 12.1 Å². The largest absolute Gasteiger partial charge is 0.367 e. The van der Waals surface area contributed by atoms with Gasteiger partial charge in [-0.15, -0.1) is 0 Å². The van der Waals surface area contributed by atoms with Crippen LogP contribution in [0.5, 0.6) is 0 Å². The Labute approximate surface area is 107 Å². The van der Waals surface area contributed by atoms with E-state index in [2.05, 4.69) is 10.3 Å². The Bertz CT molecular complexity index is 611. The number of aromatic amines is 1. The van der Waals surface area contributed by atoms with E-state index in [1.54, 1.807) is 18.5 Å². The molecule has 7 heteroatoms. The van der Waals surface area contributed by atoms with Crippen molar-refractivity contribution in [2.24, 2.45) is 0 Å². The number of nitrogens with one attached hydrogen (secondary N) is 2. The molecule has 1 heterocycles. The Kier molecular flexibility index (Phi) is 3.56. The van der Waals surface area contributed by atoms with Crippen molar-refractivity contribution in [3.63, 3.8) is 0 Å². The molecule has 1 amide bonds. The number of nitro groups is 1. The molecule has 1 aromatic heterocycles. The number of halogens is 1. The predicted octanol–water partition coefficient (Wildman–Crippen LogP) is 1.99. The van der Waals surface area contributed by atoms with Gasteiger partial charge in [0.1, 0.15) is 11.4 Å². The van der Waals surface area contributed by atoms with Gasteiger partial charge in [-0.3, -0.25) is 14.9 Å². The molecule has 0 saturated carbocycles. The number of nitro benzene ring substituents is 1. The first-order chi connectivity index (χ1) is 9.08. The number of carbonyl (C=O) groups is 1. The molecular formula is C12H10FN3O3. The topological polar surface area (TPSA) is 88.0 Å². The lowest BCUT2D eigenvalue weighted by molar-refractivity contribution is -0.385. The molecule has 0 radical (unpaired) electrons. The van der Waals surface area contributed by atoms with E-state index in [9.17, 15) is 19.3 Å². The molecule has 0 aliphatic carbocycles. The first-order valence-electron chi connectivity index (χ1n) is 5.42. The van der Waals surface area contributed by atoms with E-state index in [4.69, 9.17) is 0 Å². The fourth-order valence-electron chi connectivity index (χ4n) is 1.60. The third-order valence-corrected chi connectivity index (χ3v) is 2.52. The van der Waals surface area contributed by atoms with Crippen LogP contribution in [0.3, 0.4) is 0 Å². The molecule has 0 aliphatic rings. The highest BCUT2D eigenvalue weighted by molar-refractivity contribution is 5.98. The maximum atomic E-state index is 13.1. The molecule has 1 aromatic carbocycles. The Morgan fingerprint density at radius 1 is 1.42 bits per heavy atom. The van der Waals surface area contributed by atoms with E-state index < -0.39 is 22.3 Å². The van der Waals surface area contributed by atoms with Crippen molar-refractivity contribution in [1.29, 1.82) is 0 Å². The summed E-state index contributed by atoms with van der Waals surface area (Å²) in [5.41, 5.74) is 0.0981. The summed E-state index contributed by atoms with van der Waals surface area (Å²) >= 11 is 0. The molecule has 0 bridgehead atoms. The minimum atomic E-state index is -0.718. The van der Waals surface area contributed by atoms with Crippen LogP contribution in [0.25, 0.3) is 0 Å². The molecule has 0 fully saturated rings. The fourth-order valence-corrected chi connectivity index (χ4v) is 1.60. The lowest BCUT2D eigenvalue weighted by atomic mass is 10.1. The summed E-state index contributed by atoms with van der Waals surface area (Å²) in [6.45, 7) is 0.204. The molecule has 0 spiro atoms. The standard InChI is InChI=1S/C12H10FN3O3/c13-9-1-2-11(16(18)19)10(5-9)12(17)15-7-8-3-4-14-6-8/h1-6,14H,7H2,(H,15,17). The Morgan fingerprint density at radius 3 is 2.84 bits per heavy atom. The van der Waals surface area contributed by atoms with Gasteiger partial charge in [-0.1, -0.05) is 0 Å². The first-order valence-corrected chi connectivity index (χ1v) is 5.42. The highest BCUT2D eigenvalue weighted by atomic mass is 19.1. The Morgan fingerprint density at radius 2 is 2.21 bits per heavy atom. The van der Waals surface area contributed by atoms with Crippen LogP contribution in [0.15, 0.2) is 36.7 Å². The lowest BCUT2D eigenvalue weighted by Crippen LogP contribution is -2.23. The van der Waals surface area contributed by atoms with Crippen molar-refractivity contribution in [2.75, 3.05) is 0 Å². The van der Waals surface area contributed by atoms with E-state index in [1.165, 1.54) is 0 Å². The SMILES string of the molecule is O=C(NCc1cc[nH]c1)c1cc(F)ccc1[N+](=O)[O-]. The van der Waals surface area contributed by atoms with Crippen LogP contribution in [0, 0.1) is 15.9 Å². The van der Waals surface area contributed by atoms with Gasteiger partial charge in [0.25, 0.3) is 11.6 Å². The van der Waals surface area contributed by atoms with Crippen molar-refractivity contribution < 1.29 is 14.1 Å². The van der Waals surface area contributed by atoms with E-state index >= 15 is 0 Å². The van der Waals surface area contributed by atoms with Crippen LogP contribution in [-0.2, 0) is 6.54 Å². The Hall–Kier alpha value is -2.70. The molecule has 0 aliphatic heterocycles. The average Bonchev–Trinajstić information content (AvgIpc) is 2.88. The van der Waals surface area contributed by atoms with E-state index in [0.717, 1.165) is 23.8 Å². The number of amides is 1. The summed E-state index contributed by atoms with van der Waals surface area (Å²) in [6.07, 6.45) is 3.37. The monoisotopic (exact) mass is 263 g/mol. The van der Waals surface area contributed by atoms with Crippen LogP contribution in [0.2, 0.25) is 0 Å². The maximum absolute atomic E-state index is 13.1. The number of benzene rings is 1. The molecule has 2 rings (SSSR count). The van der Waals surface area contributed by atoms with Crippen molar-refractivity contribution in [2.45, 2.75) is 6.54 Å². The van der Waals surface area contributed by atoms with Gasteiger partial charge in [-0.05, 0) is 23.8 Å². The van der Waals surface area contributed by atoms with Crippen LogP contribution in [-0.4, -0.2) is 15.8 Å². The highest BCUT2D eigenvalue weighted by Gasteiger charge is 2.20. The molecule has 0 unspecified atom stereocenters. The molecule has 19 heavy (non-hydrogen) atoms. The number of hydrogen-bond acceptors (Lipinski definition) is 3. The van der Waals surface area contributed by atoms with Crippen molar-refractivity contribution >= 4 is 11.6 Å². The second-order valence-electron chi connectivity index (χ2n) is 3.82. The average molecular weight is 263 g/mol. The van der Waals surface area contributed by atoms with Gasteiger partial charge < -0.3 is 10.3 Å². The van der Waals surface area contributed by atoms with Crippen LogP contribution in [0.1, 0.15) is 15.9 Å². The van der Waals surface area contributed by atoms with E-state index in [1.807, 2.05) is 0 Å². The lowest BCUT2D eigenvalue weighted by Gasteiger charge is -2.04. The van der Waals surface area contributed by atoms with Crippen molar-refractivity contribution in [3.8, 4) is 0 Å².